The minimum atomic E-state index is 0.355. The molecule has 0 radical (unpaired) electrons. The fraction of sp³-hybridized carbons (Fsp3) is 1.00. The van der Waals surface area contributed by atoms with Crippen molar-refractivity contribution in [2.75, 3.05) is 25.4 Å². The molecule has 0 spiro atoms. The van der Waals surface area contributed by atoms with Crippen LogP contribution in [0, 0.1) is 23.2 Å². The summed E-state index contributed by atoms with van der Waals surface area (Å²) in [5, 5.41) is 0. The van der Waals surface area contributed by atoms with Gasteiger partial charge in [-0.25, -0.2) is 0 Å². The first-order valence-electron chi connectivity index (χ1n) is 7.00. The first kappa shape index (κ1) is 17.3. The summed E-state index contributed by atoms with van der Waals surface area (Å²) in [4.78, 5) is 2.63. The molecule has 17 heavy (non-hydrogen) atoms. The van der Waals surface area contributed by atoms with E-state index < -0.39 is 0 Å². The lowest BCUT2D eigenvalue weighted by molar-refractivity contribution is 0.141. The first-order chi connectivity index (χ1) is 7.66. The van der Waals surface area contributed by atoms with Gasteiger partial charge in [-0.05, 0) is 28.9 Å². The van der Waals surface area contributed by atoms with Crippen LogP contribution in [0.1, 0.15) is 48.5 Å². The van der Waals surface area contributed by atoms with Crippen molar-refractivity contribution in [3.63, 3.8) is 0 Å². The number of nitrogens with zero attached hydrogens (tertiary/aromatic N) is 1. The first-order valence-corrected chi connectivity index (χ1v) is 7.63. The molecule has 0 rings (SSSR count). The van der Waals surface area contributed by atoms with Crippen LogP contribution in [0.25, 0.3) is 0 Å². The standard InChI is InChI=1S/C15H33NS/c1-12(2)8-16(9-13(3)4)10-14(11-17)15(5,6)7/h12-14,17H,8-11H2,1-7H3. The highest BCUT2D eigenvalue weighted by Crippen LogP contribution is 2.28. The molecule has 0 N–H and O–H groups in total. The van der Waals surface area contributed by atoms with E-state index in [1.165, 1.54) is 19.6 Å². The molecule has 0 aliphatic heterocycles. The maximum Gasteiger partial charge on any atom is 0.00227 e. The van der Waals surface area contributed by atoms with Crippen molar-refractivity contribution >= 4 is 12.6 Å². The van der Waals surface area contributed by atoms with Gasteiger partial charge in [0, 0.05) is 19.6 Å². The van der Waals surface area contributed by atoms with E-state index in [-0.39, 0.29) is 0 Å². The van der Waals surface area contributed by atoms with E-state index in [0.29, 0.717) is 11.3 Å². The largest absolute Gasteiger partial charge is 0.303 e. The Labute approximate surface area is 115 Å². The summed E-state index contributed by atoms with van der Waals surface area (Å²) in [5.41, 5.74) is 0.355. The molecule has 0 amide bonds. The molecule has 0 saturated carbocycles. The van der Waals surface area contributed by atoms with Crippen LogP contribution in [0.15, 0.2) is 0 Å². The number of hydrogen-bond donors (Lipinski definition) is 1. The zero-order valence-corrected chi connectivity index (χ0v) is 13.8. The third-order valence-corrected chi connectivity index (χ3v) is 3.61. The Bertz CT molecular complexity index is 184. The average Bonchev–Trinajstić information content (AvgIpc) is 2.09. The van der Waals surface area contributed by atoms with Crippen molar-refractivity contribution < 1.29 is 0 Å². The second-order valence-corrected chi connectivity index (χ2v) is 7.62. The number of rotatable bonds is 7. The summed E-state index contributed by atoms with van der Waals surface area (Å²) in [6.07, 6.45) is 0. The highest BCUT2D eigenvalue weighted by atomic mass is 32.1. The minimum Gasteiger partial charge on any atom is -0.303 e. The summed E-state index contributed by atoms with van der Waals surface area (Å²) in [5.74, 6) is 3.14. The Morgan fingerprint density at radius 1 is 0.882 bits per heavy atom. The number of hydrogen-bond acceptors (Lipinski definition) is 2. The Hall–Kier alpha value is 0.310. The van der Waals surface area contributed by atoms with Gasteiger partial charge in [-0.2, -0.15) is 12.6 Å². The monoisotopic (exact) mass is 259 g/mol. The lowest BCUT2D eigenvalue weighted by Crippen LogP contribution is -2.40. The lowest BCUT2D eigenvalue weighted by atomic mass is 9.81. The van der Waals surface area contributed by atoms with Crippen molar-refractivity contribution in [1.29, 1.82) is 0 Å². The summed E-state index contributed by atoms with van der Waals surface area (Å²) in [7, 11) is 0. The maximum atomic E-state index is 4.54. The van der Waals surface area contributed by atoms with Gasteiger partial charge in [0.1, 0.15) is 0 Å². The molecule has 1 nitrogen and oxygen atoms in total. The molecule has 0 aliphatic rings. The smallest absolute Gasteiger partial charge is 0.00227 e. The molecule has 1 atom stereocenters. The molecular formula is C15H33NS. The van der Waals surface area contributed by atoms with Gasteiger partial charge in [0.2, 0.25) is 0 Å². The molecule has 0 saturated heterocycles. The molecule has 104 valence electrons. The molecular weight excluding hydrogens is 226 g/mol. The Morgan fingerprint density at radius 3 is 1.53 bits per heavy atom. The van der Waals surface area contributed by atoms with E-state index in [9.17, 15) is 0 Å². The third kappa shape index (κ3) is 8.10. The second-order valence-electron chi connectivity index (χ2n) is 7.25. The quantitative estimate of drug-likeness (QED) is 0.671. The molecule has 0 heterocycles. The van der Waals surface area contributed by atoms with Crippen molar-refractivity contribution in [3.8, 4) is 0 Å². The Morgan fingerprint density at radius 2 is 1.29 bits per heavy atom. The minimum absolute atomic E-state index is 0.355. The molecule has 0 aromatic rings. The van der Waals surface area contributed by atoms with E-state index >= 15 is 0 Å². The van der Waals surface area contributed by atoms with Crippen LogP contribution in [0.4, 0.5) is 0 Å². The van der Waals surface area contributed by atoms with Crippen LogP contribution < -0.4 is 0 Å². The van der Waals surface area contributed by atoms with Gasteiger partial charge in [0.15, 0.2) is 0 Å². The molecule has 0 fully saturated rings. The van der Waals surface area contributed by atoms with Crippen LogP contribution in [0.2, 0.25) is 0 Å². The normalized spacial score (nSPS) is 15.0. The lowest BCUT2D eigenvalue weighted by Gasteiger charge is -2.36. The van der Waals surface area contributed by atoms with E-state index in [2.05, 4.69) is 66.0 Å². The fourth-order valence-electron chi connectivity index (χ4n) is 2.17. The Balaban J connectivity index is 4.48. The summed E-state index contributed by atoms with van der Waals surface area (Å²) in [6, 6.07) is 0. The second kappa shape index (κ2) is 7.68. The Kier molecular flexibility index (Phi) is 7.82. The third-order valence-electron chi connectivity index (χ3n) is 3.17. The van der Waals surface area contributed by atoms with Gasteiger partial charge >= 0.3 is 0 Å². The summed E-state index contributed by atoms with van der Waals surface area (Å²) >= 11 is 4.54. The molecule has 0 bridgehead atoms. The van der Waals surface area contributed by atoms with Crippen molar-refractivity contribution in [2.45, 2.75) is 48.5 Å². The number of thiol groups is 1. The molecule has 0 aliphatic carbocycles. The molecule has 0 aromatic carbocycles. The summed E-state index contributed by atoms with van der Waals surface area (Å²) in [6.45, 7) is 19.8. The van der Waals surface area contributed by atoms with Gasteiger partial charge in [0.25, 0.3) is 0 Å². The highest BCUT2D eigenvalue weighted by Gasteiger charge is 2.25. The van der Waals surface area contributed by atoms with Crippen LogP contribution in [0.5, 0.6) is 0 Å². The zero-order chi connectivity index (χ0) is 13.6. The maximum absolute atomic E-state index is 4.54. The van der Waals surface area contributed by atoms with Crippen LogP contribution in [-0.4, -0.2) is 30.3 Å². The SMILES string of the molecule is CC(C)CN(CC(C)C)CC(CS)C(C)(C)C. The predicted octanol–water partition coefficient (Wildman–Crippen LogP) is 4.19. The van der Waals surface area contributed by atoms with Crippen molar-refractivity contribution in [3.05, 3.63) is 0 Å². The van der Waals surface area contributed by atoms with Gasteiger partial charge in [0.05, 0.1) is 0 Å². The van der Waals surface area contributed by atoms with E-state index in [1.54, 1.807) is 0 Å². The van der Waals surface area contributed by atoms with Crippen molar-refractivity contribution in [1.82, 2.24) is 4.90 Å². The van der Waals surface area contributed by atoms with Gasteiger partial charge in [-0.15, -0.1) is 0 Å². The van der Waals surface area contributed by atoms with Crippen LogP contribution in [-0.2, 0) is 0 Å². The van der Waals surface area contributed by atoms with Crippen molar-refractivity contribution in [2.24, 2.45) is 23.2 Å². The van der Waals surface area contributed by atoms with Crippen LogP contribution in [0.3, 0.4) is 0 Å². The predicted molar refractivity (Wildman–Crippen MR) is 82.9 cm³/mol. The zero-order valence-electron chi connectivity index (χ0n) is 13.0. The topological polar surface area (TPSA) is 3.24 Å². The van der Waals surface area contributed by atoms with Gasteiger partial charge in [-0.3, -0.25) is 0 Å². The van der Waals surface area contributed by atoms with E-state index in [4.69, 9.17) is 0 Å². The van der Waals surface area contributed by atoms with E-state index in [0.717, 1.165) is 17.6 Å². The van der Waals surface area contributed by atoms with E-state index in [1.807, 2.05) is 0 Å². The molecule has 2 heteroatoms. The summed E-state index contributed by atoms with van der Waals surface area (Å²) < 4.78 is 0. The fourth-order valence-corrected chi connectivity index (χ4v) is 2.84. The molecule has 1 unspecified atom stereocenters. The van der Waals surface area contributed by atoms with Gasteiger partial charge < -0.3 is 4.90 Å². The average molecular weight is 260 g/mol. The van der Waals surface area contributed by atoms with Gasteiger partial charge in [-0.1, -0.05) is 48.5 Å². The van der Waals surface area contributed by atoms with Crippen LogP contribution >= 0.6 is 12.6 Å². The molecule has 0 aromatic heterocycles. The highest BCUT2D eigenvalue weighted by molar-refractivity contribution is 7.80.